The van der Waals surface area contributed by atoms with Gasteiger partial charge >= 0.3 is 0 Å². The summed E-state index contributed by atoms with van der Waals surface area (Å²) in [6.45, 7) is 5.70. The van der Waals surface area contributed by atoms with E-state index in [9.17, 15) is 13.2 Å². The van der Waals surface area contributed by atoms with E-state index in [0.717, 1.165) is 4.47 Å². The summed E-state index contributed by atoms with van der Waals surface area (Å²) in [5, 5.41) is 0. The van der Waals surface area contributed by atoms with Crippen molar-refractivity contribution in [3.05, 3.63) is 39.9 Å². The lowest BCUT2D eigenvalue weighted by Crippen LogP contribution is -2.35. The van der Waals surface area contributed by atoms with E-state index in [2.05, 4.69) is 31.9 Å². The fraction of sp³-hybridized carbons (Fsp3) is 0.438. The molecule has 1 unspecified atom stereocenters. The van der Waals surface area contributed by atoms with Gasteiger partial charge in [-0.3, -0.25) is 4.79 Å². The van der Waals surface area contributed by atoms with Gasteiger partial charge in [-0.25, -0.2) is 8.42 Å². The monoisotopic (exact) mass is 448 g/mol. The zero-order valence-electron chi connectivity index (χ0n) is 12.7. The van der Waals surface area contributed by atoms with Crippen LogP contribution in [0.2, 0.25) is 0 Å². The number of alkyl halides is 1. The summed E-state index contributed by atoms with van der Waals surface area (Å²) >= 11 is 6.69. The van der Waals surface area contributed by atoms with Gasteiger partial charge in [-0.1, -0.05) is 51.8 Å². The van der Waals surface area contributed by atoms with Crippen LogP contribution in [0.4, 0.5) is 0 Å². The van der Waals surface area contributed by atoms with Crippen LogP contribution in [0.25, 0.3) is 0 Å². The Morgan fingerprint density at radius 1 is 1.32 bits per heavy atom. The average molecular weight is 450 g/mol. The van der Waals surface area contributed by atoms with Gasteiger partial charge in [-0.05, 0) is 48.1 Å². The van der Waals surface area contributed by atoms with Crippen LogP contribution in [0, 0.1) is 5.41 Å². The minimum atomic E-state index is -3.48. The minimum Gasteiger partial charge on any atom is -0.293 e. The fourth-order valence-electron chi connectivity index (χ4n) is 2.79. The molecule has 0 bridgehead atoms. The van der Waals surface area contributed by atoms with Crippen LogP contribution >= 0.6 is 31.9 Å². The second kappa shape index (κ2) is 6.21. The summed E-state index contributed by atoms with van der Waals surface area (Å²) in [6.07, 6.45) is 0.604. The Hall–Kier alpha value is -0.460. The summed E-state index contributed by atoms with van der Waals surface area (Å²) in [7, 11) is -3.48. The van der Waals surface area contributed by atoms with E-state index in [4.69, 9.17) is 0 Å². The SMILES string of the molecule is CC1=C(CS(=O)(=O)c2cccc(Br)c2)C(C)(C)CC(Br)C1=O. The van der Waals surface area contributed by atoms with Crippen LogP contribution in [0.3, 0.4) is 0 Å². The van der Waals surface area contributed by atoms with Crippen molar-refractivity contribution in [1.82, 2.24) is 0 Å². The number of halogens is 2. The number of rotatable bonds is 3. The maximum atomic E-state index is 12.7. The highest BCUT2D eigenvalue weighted by molar-refractivity contribution is 9.10. The smallest absolute Gasteiger partial charge is 0.182 e. The topological polar surface area (TPSA) is 51.2 Å². The number of sulfone groups is 1. The van der Waals surface area contributed by atoms with Crippen molar-refractivity contribution in [2.24, 2.45) is 5.41 Å². The van der Waals surface area contributed by atoms with E-state index < -0.39 is 9.84 Å². The molecule has 0 heterocycles. The Morgan fingerprint density at radius 2 is 1.95 bits per heavy atom. The second-order valence-electron chi connectivity index (χ2n) is 6.24. The van der Waals surface area contributed by atoms with Gasteiger partial charge in [0.05, 0.1) is 15.5 Å². The maximum absolute atomic E-state index is 12.7. The Kier molecular flexibility index (Phi) is 5.05. The summed E-state index contributed by atoms with van der Waals surface area (Å²) < 4.78 is 26.1. The van der Waals surface area contributed by atoms with Crippen LogP contribution in [-0.4, -0.2) is 24.8 Å². The molecule has 1 aliphatic carbocycles. The molecule has 0 spiro atoms. The number of Topliss-reactive ketones (excluding diaryl/α,β-unsaturated/α-hetero) is 1. The van der Waals surface area contributed by atoms with E-state index in [0.29, 0.717) is 17.6 Å². The van der Waals surface area contributed by atoms with Crippen LogP contribution in [-0.2, 0) is 14.6 Å². The molecule has 1 aromatic carbocycles. The number of hydrogen-bond acceptors (Lipinski definition) is 3. The normalized spacial score (nSPS) is 22.0. The lowest BCUT2D eigenvalue weighted by Gasteiger charge is -2.36. The van der Waals surface area contributed by atoms with Crippen molar-refractivity contribution in [3.63, 3.8) is 0 Å². The average Bonchev–Trinajstić information content (AvgIpc) is 2.41. The van der Waals surface area contributed by atoms with Gasteiger partial charge in [0.25, 0.3) is 0 Å². The molecule has 0 aliphatic heterocycles. The van der Waals surface area contributed by atoms with Crippen LogP contribution in [0.1, 0.15) is 27.2 Å². The van der Waals surface area contributed by atoms with Crippen molar-refractivity contribution in [2.75, 3.05) is 5.75 Å². The van der Waals surface area contributed by atoms with Crippen molar-refractivity contribution in [3.8, 4) is 0 Å². The van der Waals surface area contributed by atoms with E-state index in [1.165, 1.54) is 0 Å². The molecule has 0 saturated heterocycles. The molecular formula is C16H18Br2O3S. The Bertz CT molecular complexity index is 748. The van der Waals surface area contributed by atoms with Crippen LogP contribution in [0.5, 0.6) is 0 Å². The van der Waals surface area contributed by atoms with Crippen LogP contribution in [0.15, 0.2) is 44.8 Å². The molecule has 3 nitrogen and oxygen atoms in total. The van der Waals surface area contributed by atoms with E-state index in [1.54, 1.807) is 31.2 Å². The molecule has 0 radical (unpaired) electrons. The molecule has 6 heteroatoms. The maximum Gasteiger partial charge on any atom is 0.182 e. The Balaban J connectivity index is 2.46. The molecule has 1 aliphatic rings. The molecule has 1 atom stereocenters. The predicted octanol–water partition coefficient (Wildman–Crippen LogP) is 4.30. The lowest BCUT2D eigenvalue weighted by atomic mass is 9.73. The van der Waals surface area contributed by atoms with Gasteiger partial charge in [-0.15, -0.1) is 0 Å². The lowest BCUT2D eigenvalue weighted by molar-refractivity contribution is -0.116. The summed E-state index contributed by atoms with van der Waals surface area (Å²) in [5.41, 5.74) is 0.954. The Morgan fingerprint density at radius 3 is 2.55 bits per heavy atom. The number of carbonyl (C=O) groups excluding carboxylic acids is 1. The number of benzene rings is 1. The number of carbonyl (C=O) groups is 1. The third-order valence-corrected chi connectivity index (χ3v) is 6.98. The zero-order chi connectivity index (χ0) is 16.7. The first-order chi connectivity index (χ1) is 10.0. The molecule has 2 rings (SSSR count). The standard InChI is InChI=1S/C16H18Br2O3S/c1-10-13(16(2,3)8-14(18)15(10)19)9-22(20,21)12-6-4-5-11(17)7-12/h4-7,14H,8-9H2,1-3H3. The van der Waals surface area contributed by atoms with Crippen molar-refractivity contribution in [2.45, 2.75) is 36.9 Å². The molecule has 120 valence electrons. The minimum absolute atomic E-state index is 0.0150. The van der Waals surface area contributed by atoms with E-state index in [-0.39, 0.29) is 26.7 Å². The zero-order valence-corrected chi connectivity index (χ0v) is 16.7. The second-order valence-corrected chi connectivity index (χ2v) is 10.3. The first-order valence-electron chi connectivity index (χ1n) is 6.91. The largest absolute Gasteiger partial charge is 0.293 e. The van der Waals surface area contributed by atoms with Gasteiger partial charge in [0.15, 0.2) is 15.6 Å². The van der Waals surface area contributed by atoms with Crippen molar-refractivity contribution >= 4 is 47.5 Å². The predicted molar refractivity (Wildman–Crippen MR) is 95.0 cm³/mol. The highest BCUT2D eigenvalue weighted by atomic mass is 79.9. The third-order valence-electron chi connectivity index (χ3n) is 4.10. The fourth-order valence-corrected chi connectivity index (χ4v) is 6.24. The molecule has 0 fully saturated rings. The first-order valence-corrected chi connectivity index (χ1v) is 10.3. The molecule has 1 aromatic rings. The molecule has 22 heavy (non-hydrogen) atoms. The van der Waals surface area contributed by atoms with Gasteiger partial charge in [-0.2, -0.15) is 0 Å². The quantitative estimate of drug-likeness (QED) is 0.646. The molecule has 0 amide bonds. The van der Waals surface area contributed by atoms with Gasteiger partial charge in [0.2, 0.25) is 0 Å². The highest BCUT2D eigenvalue weighted by Crippen LogP contribution is 2.42. The highest BCUT2D eigenvalue weighted by Gasteiger charge is 2.39. The number of ketones is 1. The molecule has 0 aromatic heterocycles. The van der Waals surface area contributed by atoms with Gasteiger partial charge in [0, 0.05) is 4.47 Å². The first kappa shape index (κ1) is 17.9. The Labute approximate surface area is 148 Å². The van der Waals surface area contributed by atoms with Gasteiger partial charge in [0.1, 0.15) is 0 Å². The molecular weight excluding hydrogens is 432 g/mol. The number of allylic oxidation sites excluding steroid dienone is 1. The summed E-state index contributed by atoms with van der Waals surface area (Å²) in [5.74, 6) is -0.132. The van der Waals surface area contributed by atoms with E-state index >= 15 is 0 Å². The van der Waals surface area contributed by atoms with Crippen LogP contribution < -0.4 is 0 Å². The molecule has 0 saturated carbocycles. The summed E-state index contributed by atoms with van der Waals surface area (Å²) in [6, 6.07) is 6.66. The molecule has 0 N–H and O–H groups in total. The van der Waals surface area contributed by atoms with Crippen molar-refractivity contribution in [1.29, 1.82) is 0 Å². The van der Waals surface area contributed by atoms with E-state index in [1.807, 2.05) is 13.8 Å². The summed E-state index contributed by atoms with van der Waals surface area (Å²) in [4.78, 5) is 12.2. The third kappa shape index (κ3) is 3.54. The van der Waals surface area contributed by atoms with Gasteiger partial charge < -0.3 is 0 Å². The van der Waals surface area contributed by atoms with Crippen molar-refractivity contribution < 1.29 is 13.2 Å². The number of hydrogen-bond donors (Lipinski definition) is 0.